The van der Waals surface area contributed by atoms with Crippen molar-refractivity contribution in [2.24, 2.45) is 10.6 Å². The molecule has 0 aliphatic carbocycles. The summed E-state index contributed by atoms with van der Waals surface area (Å²) in [6.45, 7) is 2.57. The van der Waals surface area contributed by atoms with Crippen LogP contribution in [0.25, 0.3) is 0 Å². The van der Waals surface area contributed by atoms with Crippen molar-refractivity contribution >= 4 is 34.9 Å². The molecule has 2 aromatic carbocycles. The van der Waals surface area contributed by atoms with Gasteiger partial charge in [0.15, 0.2) is 11.5 Å². The van der Waals surface area contributed by atoms with Gasteiger partial charge in [-0.05, 0) is 55.3 Å². The first-order valence-corrected chi connectivity index (χ1v) is 9.83. The van der Waals surface area contributed by atoms with E-state index in [0.29, 0.717) is 5.56 Å². The number of esters is 1. The Labute approximate surface area is 186 Å². The third kappa shape index (κ3) is 3.88. The summed E-state index contributed by atoms with van der Waals surface area (Å²) in [7, 11) is 1.20. The highest BCUT2D eigenvalue weighted by Crippen LogP contribution is 2.57. The summed E-state index contributed by atoms with van der Waals surface area (Å²) in [5, 5.41) is 14.4. The second kappa shape index (κ2) is 8.33. The van der Waals surface area contributed by atoms with Crippen LogP contribution in [0.1, 0.15) is 40.1 Å². The lowest BCUT2D eigenvalue weighted by atomic mass is 9.69. The zero-order chi connectivity index (χ0) is 23.1. The van der Waals surface area contributed by atoms with Gasteiger partial charge in [0, 0.05) is 15.6 Å². The molecule has 0 aromatic heterocycles. The number of ether oxygens (including phenoxy) is 1. The molecule has 1 aliphatic rings. The second-order valence-corrected chi connectivity index (χ2v) is 8.07. The zero-order valence-corrected chi connectivity index (χ0v) is 18.1. The van der Waals surface area contributed by atoms with E-state index in [2.05, 4.69) is 9.89 Å². The van der Waals surface area contributed by atoms with Crippen LogP contribution in [0.15, 0.2) is 41.6 Å². The van der Waals surface area contributed by atoms with Gasteiger partial charge in [-0.1, -0.05) is 34.4 Å². The van der Waals surface area contributed by atoms with Crippen LogP contribution in [0, 0.1) is 12.3 Å². The quantitative estimate of drug-likeness (QED) is 0.593. The molecule has 10 heteroatoms. The van der Waals surface area contributed by atoms with Gasteiger partial charge in [-0.3, -0.25) is 0 Å². The van der Waals surface area contributed by atoms with E-state index in [1.54, 1.807) is 6.92 Å². The predicted molar refractivity (Wildman–Crippen MR) is 110 cm³/mol. The fourth-order valence-corrected chi connectivity index (χ4v) is 4.36. The number of carbonyl (C=O) groups excluding carboxylic acids is 1. The molecule has 2 aromatic rings. The number of hydrogen-bond acceptors (Lipinski definition) is 5. The molecule has 0 fully saturated rings. The lowest BCUT2D eigenvalue weighted by Crippen LogP contribution is -2.54. The van der Waals surface area contributed by atoms with Gasteiger partial charge in [-0.2, -0.15) is 13.2 Å². The number of nitrogens with zero attached hydrogens (tertiary/aromatic N) is 1. The smallest absolute Gasteiger partial charge is 0.406 e. The van der Waals surface area contributed by atoms with E-state index < -0.39 is 35.5 Å². The average Bonchev–Trinajstić information content (AvgIpc) is 3.08. The first kappa shape index (κ1) is 23.4. The number of rotatable bonds is 4. The minimum Gasteiger partial charge on any atom is -0.465 e. The molecule has 0 spiro atoms. The maximum Gasteiger partial charge on any atom is 0.406 e. The minimum atomic E-state index is -4.97. The maximum absolute atomic E-state index is 14.6. The Morgan fingerprint density at radius 1 is 1.23 bits per heavy atom. The number of hydrogen-bond donors (Lipinski definition) is 1. The molecule has 1 aliphatic heterocycles. The first-order chi connectivity index (χ1) is 14.4. The van der Waals surface area contributed by atoms with E-state index in [-0.39, 0.29) is 26.7 Å². The van der Waals surface area contributed by atoms with Gasteiger partial charge in [0.05, 0.1) is 18.8 Å². The fraction of sp³-hybridized carbons (Fsp3) is 0.333. The molecule has 0 amide bonds. The van der Waals surface area contributed by atoms with E-state index in [1.807, 2.05) is 0 Å². The number of oxime groups is 1. The van der Waals surface area contributed by atoms with Crippen LogP contribution in [0.2, 0.25) is 10.0 Å². The molecule has 3 rings (SSSR count). The van der Waals surface area contributed by atoms with Crippen LogP contribution in [-0.2, 0) is 9.57 Å². The number of alkyl halides is 3. The Kier molecular flexibility index (Phi) is 6.28. The Morgan fingerprint density at radius 2 is 1.84 bits per heavy atom. The number of carbonyl (C=O) groups is 1. The highest BCUT2D eigenvalue weighted by molar-refractivity contribution is 6.34. The third-order valence-electron chi connectivity index (χ3n) is 5.28. The van der Waals surface area contributed by atoms with Gasteiger partial charge in [0.25, 0.3) is 0 Å². The molecule has 3 atom stereocenters. The van der Waals surface area contributed by atoms with Crippen molar-refractivity contribution in [3.63, 3.8) is 0 Å². The second-order valence-electron chi connectivity index (χ2n) is 7.19. The number of halogens is 5. The molecule has 166 valence electrons. The number of benzene rings is 2. The molecule has 0 radical (unpaired) electrons. The van der Waals surface area contributed by atoms with E-state index in [9.17, 15) is 23.1 Å². The fourth-order valence-electron chi connectivity index (χ4n) is 3.82. The topological polar surface area (TPSA) is 68.1 Å². The van der Waals surface area contributed by atoms with Crippen LogP contribution in [0.5, 0.6) is 0 Å². The Morgan fingerprint density at radius 3 is 2.32 bits per heavy atom. The summed E-state index contributed by atoms with van der Waals surface area (Å²) >= 11 is 12.0. The van der Waals surface area contributed by atoms with Crippen molar-refractivity contribution < 1.29 is 32.6 Å². The third-order valence-corrected chi connectivity index (χ3v) is 5.71. The number of methoxy groups -OCH3 is 1. The summed E-state index contributed by atoms with van der Waals surface area (Å²) in [6.07, 6.45) is -8.65. The summed E-state index contributed by atoms with van der Waals surface area (Å²) < 4.78 is 48.6. The van der Waals surface area contributed by atoms with E-state index >= 15 is 0 Å². The van der Waals surface area contributed by atoms with Gasteiger partial charge >= 0.3 is 12.1 Å². The lowest BCUT2D eigenvalue weighted by Gasteiger charge is -2.38. The van der Waals surface area contributed by atoms with Gasteiger partial charge < -0.3 is 14.7 Å². The molecule has 1 N–H and O–H groups in total. The summed E-state index contributed by atoms with van der Waals surface area (Å²) in [5.41, 5.74) is -2.81. The molecule has 0 bridgehead atoms. The summed E-state index contributed by atoms with van der Waals surface area (Å²) in [5.74, 6) is -0.627. The van der Waals surface area contributed by atoms with Gasteiger partial charge in [-0.15, -0.1) is 0 Å². The molecular formula is C21H18Cl2F3NO4. The molecular weight excluding hydrogens is 458 g/mol. The molecule has 5 nitrogen and oxygen atoms in total. The summed E-state index contributed by atoms with van der Waals surface area (Å²) in [4.78, 5) is 17.1. The molecule has 0 saturated heterocycles. The van der Waals surface area contributed by atoms with Crippen LogP contribution in [-0.4, -0.2) is 36.2 Å². The monoisotopic (exact) mass is 475 g/mol. The van der Waals surface area contributed by atoms with Crippen molar-refractivity contribution in [3.05, 3.63) is 68.7 Å². The van der Waals surface area contributed by atoms with Crippen LogP contribution in [0.3, 0.4) is 0 Å². The number of aryl methyl sites for hydroxylation is 1. The Bertz CT molecular complexity index is 1040. The predicted octanol–water partition coefficient (Wildman–Crippen LogP) is 5.49. The molecule has 3 unspecified atom stereocenters. The largest absolute Gasteiger partial charge is 0.465 e. The van der Waals surface area contributed by atoms with Crippen molar-refractivity contribution in [2.45, 2.75) is 32.2 Å². The Hall–Kier alpha value is -2.29. The van der Waals surface area contributed by atoms with Crippen molar-refractivity contribution in [1.82, 2.24) is 0 Å². The molecule has 1 heterocycles. The highest BCUT2D eigenvalue weighted by Gasteiger charge is 2.70. The van der Waals surface area contributed by atoms with E-state index in [4.69, 9.17) is 28.0 Å². The molecule has 0 saturated carbocycles. The van der Waals surface area contributed by atoms with Gasteiger partial charge in [0.1, 0.15) is 5.71 Å². The van der Waals surface area contributed by atoms with Gasteiger partial charge in [-0.25, -0.2) is 4.79 Å². The van der Waals surface area contributed by atoms with Crippen LogP contribution in [0.4, 0.5) is 13.2 Å². The maximum atomic E-state index is 14.6. The average molecular weight is 476 g/mol. The van der Waals surface area contributed by atoms with Crippen LogP contribution >= 0.6 is 23.2 Å². The number of aliphatic hydroxyl groups is 1. The summed E-state index contributed by atoms with van der Waals surface area (Å²) in [6, 6.07) is 7.94. The van der Waals surface area contributed by atoms with Gasteiger partial charge in [0.2, 0.25) is 0 Å². The van der Waals surface area contributed by atoms with Crippen molar-refractivity contribution in [1.29, 1.82) is 0 Å². The SMILES string of the molecule is COC(=O)c1ccc(C2=NOC(c3cc(Cl)cc(Cl)c3)C2(C(C)O)C(F)(F)F)cc1C. The normalized spacial score (nSPS) is 22.0. The minimum absolute atomic E-state index is 0.0115. The molecule has 31 heavy (non-hydrogen) atoms. The Balaban J connectivity index is 2.21. The first-order valence-electron chi connectivity index (χ1n) is 9.07. The van der Waals surface area contributed by atoms with Crippen molar-refractivity contribution in [2.75, 3.05) is 7.11 Å². The highest BCUT2D eigenvalue weighted by atomic mass is 35.5. The standard InChI is InChI=1S/C21H18Cl2F3NO4/c1-10-6-12(4-5-16(10)19(29)30-3)17-20(11(2)28,21(24,25)26)18(31-27-17)13-7-14(22)9-15(23)8-13/h4-9,11,18,28H,1-3H3. The zero-order valence-electron chi connectivity index (χ0n) is 16.6. The van der Waals surface area contributed by atoms with E-state index in [1.165, 1.54) is 43.5 Å². The lowest BCUT2D eigenvalue weighted by molar-refractivity contribution is -0.251. The van der Waals surface area contributed by atoms with Crippen LogP contribution < -0.4 is 0 Å². The van der Waals surface area contributed by atoms with E-state index in [0.717, 1.165) is 6.92 Å². The van der Waals surface area contributed by atoms with Crippen molar-refractivity contribution in [3.8, 4) is 0 Å². The number of aliphatic hydroxyl groups excluding tert-OH is 1.